The molecule has 0 bridgehead atoms. The maximum absolute atomic E-state index is 14.2. The fourth-order valence-electron chi connectivity index (χ4n) is 4.36. The van der Waals surface area contributed by atoms with E-state index >= 15 is 0 Å². The molecule has 2 fully saturated rings. The van der Waals surface area contributed by atoms with Gasteiger partial charge in [0.05, 0.1) is 12.2 Å². The average Bonchev–Trinajstić information content (AvgIpc) is 3.45. The molecular weight excluding hydrogens is 381 g/mol. The summed E-state index contributed by atoms with van der Waals surface area (Å²) < 4.78 is 16.2. The monoisotopic (exact) mass is 413 g/mol. The van der Waals surface area contributed by atoms with Gasteiger partial charge in [0, 0.05) is 45.2 Å². The van der Waals surface area contributed by atoms with Crippen molar-refractivity contribution in [3.63, 3.8) is 0 Å². The van der Waals surface area contributed by atoms with Crippen molar-refractivity contribution in [2.45, 2.75) is 51.6 Å². The van der Waals surface area contributed by atoms with Crippen molar-refractivity contribution in [1.29, 1.82) is 0 Å². The second-order valence-corrected chi connectivity index (χ2v) is 8.05. The van der Waals surface area contributed by atoms with Crippen LogP contribution in [0.5, 0.6) is 0 Å². The van der Waals surface area contributed by atoms with E-state index in [9.17, 15) is 4.39 Å². The predicted octanol–water partition coefficient (Wildman–Crippen LogP) is 2.69. The standard InChI is InChI=1S/C22H32FN7/c1-2-21-27-25-17-30(21)12-11-24-22(26-18-7-3-4-8-18)29-15-13-28(14-16-29)20-10-6-5-9-19(20)23/h5-6,9-10,17-18H,2-4,7-8,11-16H2,1H3,(H,24,26). The topological polar surface area (TPSA) is 61.6 Å². The lowest BCUT2D eigenvalue weighted by Crippen LogP contribution is -2.54. The number of para-hydroxylation sites is 1. The molecule has 1 aromatic heterocycles. The lowest BCUT2D eigenvalue weighted by atomic mass is 10.2. The minimum atomic E-state index is -0.149. The number of nitrogens with one attached hydrogen (secondary N) is 1. The second kappa shape index (κ2) is 9.91. The van der Waals surface area contributed by atoms with E-state index in [1.165, 1.54) is 31.7 Å². The lowest BCUT2D eigenvalue weighted by Gasteiger charge is -2.38. The first-order chi connectivity index (χ1) is 14.7. The van der Waals surface area contributed by atoms with Crippen molar-refractivity contribution in [2.24, 2.45) is 4.99 Å². The minimum absolute atomic E-state index is 0.149. The van der Waals surface area contributed by atoms with Crippen LogP contribution in [0.1, 0.15) is 38.4 Å². The van der Waals surface area contributed by atoms with Gasteiger partial charge in [-0.2, -0.15) is 0 Å². The summed E-state index contributed by atoms with van der Waals surface area (Å²) in [6.07, 6.45) is 7.64. The number of guanidine groups is 1. The maximum atomic E-state index is 14.2. The molecular formula is C22H32FN7. The smallest absolute Gasteiger partial charge is 0.194 e. The van der Waals surface area contributed by atoms with E-state index in [0.29, 0.717) is 18.3 Å². The molecule has 1 aromatic carbocycles. The Bertz CT molecular complexity index is 836. The number of nitrogens with zero attached hydrogens (tertiary/aromatic N) is 6. The summed E-state index contributed by atoms with van der Waals surface area (Å²) in [6.45, 7) is 6.80. The van der Waals surface area contributed by atoms with Gasteiger partial charge in [-0.15, -0.1) is 10.2 Å². The Hall–Kier alpha value is -2.64. The van der Waals surface area contributed by atoms with Crippen molar-refractivity contribution < 1.29 is 4.39 Å². The number of benzene rings is 1. The summed E-state index contributed by atoms with van der Waals surface area (Å²) >= 11 is 0. The number of hydrogen-bond donors (Lipinski definition) is 1. The fourth-order valence-corrected chi connectivity index (χ4v) is 4.36. The van der Waals surface area contributed by atoms with Crippen molar-refractivity contribution >= 4 is 11.6 Å². The number of anilines is 1. The van der Waals surface area contributed by atoms with Crippen LogP contribution in [0.25, 0.3) is 0 Å². The fraction of sp³-hybridized carbons (Fsp3) is 0.591. The summed E-state index contributed by atoms with van der Waals surface area (Å²) in [6, 6.07) is 7.54. The van der Waals surface area contributed by atoms with Gasteiger partial charge in [0.2, 0.25) is 0 Å². The number of aryl methyl sites for hydroxylation is 1. The van der Waals surface area contributed by atoms with Crippen molar-refractivity contribution in [2.75, 3.05) is 37.6 Å². The third-order valence-electron chi connectivity index (χ3n) is 6.08. The summed E-state index contributed by atoms with van der Waals surface area (Å²) in [5.41, 5.74) is 0.694. The van der Waals surface area contributed by atoms with Crippen LogP contribution in [0, 0.1) is 5.82 Å². The number of aliphatic imine (C=N–C) groups is 1. The van der Waals surface area contributed by atoms with E-state index in [-0.39, 0.29) is 5.82 Å². The zero-order chi connectivity index (χ0) is 20.8. The molecule has 0 spiro atoms. The second-order valence-electron chi connectivity index (χ2n) is 8.05. The van der Waals surface area contributed by atoms with Gasteiger partial charge in [0.15, 0.2) is 5.96 Å². The van der Waals surface area contributed by atoms with Gasteiger partial charge in [-0.1, -0.05) is 31.9 Å². The summed E-state index contributed by atoms with van der Waals surface area (Å²) in [5, 5.41) is 11.9. The van der Waals surface area contributed by atoms with Crippen molar-refractivity contribution in [3.05, 3.63) is 42.2 Å². The largest absolute Gasteiger partial charge is 0.366 e. The summed E-state index contributed by atoms with van der Waals surface area (Å²) in [5.74, 6) is 1.83. The van der Waals surface area contributed by atoms with E-state index in [2.05, 4.69) is 36.8 Å². The van der Waals surface area contributed by atoms with Gasteiger partial charge in [-0.3, -0.25) is 4.99 Å². The highest BCUT2D eigenvalue weighted by atomic mass is 19.1. The lowest BCUT2D eigenvalue weighted by molar-refractivity contribution is 0.363. The number of piperazine rings is 1. The molecule has 1 saturated heterocycles. The van der Waals surface area contributed by atoms with Crippen LogP contribution in [-0.2, 0) is 13.0 Å². The first-order valence-corrected chi connectivity index (χ1v) is 11.2. The molecule has 7 nitrogen and oxygen atoms in total. The van der Waals surface area contributed by atoms with E-state index in [1.54, 1.807) is 12.4 Å². The maximum Gasteiger partial charge on any atom is 0.194 e. The molecule has 4 rings (SSSR count). The molecule has 1 aliphatic carbocycles. The molecule has 8 heteroatoms. The molecule has 162 valence electrons. The Balaban J connectivity index is 1.40. The molecule has 0 radical (unpaired) electrons. The van der Waals surface area contributed by atoms with Crippen LogP contribution in [-0.4, -0.2) is 64.4 Å². The zero-order valence-electron chi connectivity index (χ0n) is 17.8. The van der Waals surface area contributed by atoms with E-state index in [1.807, 2.05) is 12.1 Å². The first kappa shape index (κ1) is 20.6. The molecule has 0 unspecified atom stereocenters. The molecule has 2 heterocycles. The van der Waals surface area contributed by atoms with Crippen molar-refractivity contribution in [3.8, 4) is 0 Å². The van der Waals surface area contributed by atoms with E-state index in [0.717, 1.165) is 50.9 Å². The van der Waals surface area contributed by atoms with Gasteiger partial charge in [-0.25, -0.2) is 4.39 Å². The molecule has 1 saturated carbocycles. The van der Waals surface area contributed by atoms with E-state index in [4.69, 9.17) is 4.99 Å². The highest BCUT2D eigenvalue weighted by Crippen LogP contribution is 2.21. The van der Waals surface area contributed by atoms with Crippen LogP contribution in [0.2, 0.25) is 0 Å². The molecule has 0 amide bonds. The van der Waals surface area contributed by atoms with Crippen LogP contribution < -0.4 is 10.2 Å². The highest BCUT2D eigenvalue weighted by Gasteiger charge is 2.24. The van der Waals surface area contributed by atoms with Crippen LogP contribution in [0.15, 0.2) is 35.6 Å². The summed E-state index contributed by atoms with van der Waals surface area (Å²) in [7, 11) is 0. The Kier molecular flexibility index (Phi) is 6.81. The average molecular weight is 414 g/mol. The molecule has 1 N–H and O–H groups in total. The molecule has 30 heavy (non-hydrogen) atoms. The third-order valence-corrected chi connectivity index (χ3v) is 6.08. The van der Waals surface area contributed by atoms with E-state index < -0.39 is 0 Å². The minimum Gasteiger partial charge on any atom is -0.366 e. The summed E-state index contributed by atoms with van der Waals surface area (Å²) in [4.78, 5) is 9.39. The Morgan fingerprint density at radius 2 is 1.93 bits per heavy atom. The quantitative estimate of drug-likeness (QED) is 0.583. The Morgan fingerprint density at radius 1 is 1.17 bits per heavy atom. The molecule has 2 aromatic rings. The van der Waals surface area contributed by atoms with Gasteiger partial charge in [0.25, 0.3) is 0 Å². The van der Waals surface area contributed by atoms with Gasteiger partial charge >= 0.3 is 0 Å². The number of rotatable bonds is 6. The number of hydrogen-bond acceptors (Lipinski definition) is 4. The molecule has 2 aliphatic rings. The number of halogens is 1. The Morgan fingerprint density at radius 3 is 2.67 bits per heavy atom. The van der Waals surface area contributed by atoms with Gasteiger partial charge in [-0.05, 0) is 25.0 Å². The third kappa shape index (κ3) is 4.91. The highest BCUT2D eigenvalue weighted by molar-refractivity contribution is 5.80. The molecule has 1 aliphatic heterocycles. The normalized spacial score (nSPS) is 18.3. The first-order valence-electron chi connectivity index (χ1n) is 11.2. The predicted molar refractivity (Wildman–Crippen MR) is 117 cm³/mol. The van der Waals surface area contributed by atoms with Crippen LogP contribution >= 0.6 is 0 Å². The van der Waals surface area contributed by atoms with Crippen molar-refractivity contribution in [1.82, 2.24) is 25.0 Å². The zero-order valence-corrected chi connectivity index (χ0v) is 17.8. The SMILES string of the molecule is CCc1nncn1CCN=C(NC1CCCC1)N1CCN(c2ccccc2F)CC1. The van der Waals surface area contributed by atoms with Crippen LogP contribution in [0.4, 0.5) is 10.1 Å². The van der Waals surface area contributed by atoms with Gasteiger partial charge < -0.3 is 19.7 Å². The Labute approximate surface area is 178 Å². The molecule has 0 atom stereocenters. The van der Waals surface area contributed by atoms with Crippen LogP contribution in [0.3, 0.4) is 0 Å². The van der Waals surface area contributed by atoms with Gasteiger partial charge in [0.1, 0.15) is 18.0 Å². The number of aromatic nitrogens is 3.